The zero-order valence-electron chi connectivity index (χ0n) is 32.4. The number of carbonyl (C=O) groups is 1. The summed E-state index contributed by atoms with van der Waals surface area (Å²) in [6.07, 6.45) is 14.8. The van der Waals surface area contributed by atoms with E-state index in [-0.39, 0.29) is 43.5 Å². The van der Waals surface area contributed by atoms with Crippen LogP contribution in [0.15, 0.2) is 54.8 Å². The van der Waals surface area contributed by atoms with E-state index in [0.717, 1.165) is 56.2 Å². The first-order valence-electron chi connectivity index (χ1n) is 18.1. The van der Waals surface area contributed by atoms with E-state index in [9.17, 15) is 9.00 Å². The van der Waals surface area contributed by atoms with Gasteiger partial charge in [0.25, 0.3) is 5.91 Å². The van der Waals surface area contributed by atoms with E-state index in [1.807, 2.05) is 19.1 Å². The summed E-state index contributed by atoms with van der Waals surface area (Å²) in [4.78, 5) is 19.7. The Bertz CT molecular complexity index is 1680. The number of benzene rings is 1. The molecule has 3 heterocycles. The van der Waals surface area contributed by atoms with E-state index >= 15 is 0 Å². The van der Waals surface area contributed by atoms with Crippen molar-refractivity contribution in [3.8, 4) is 6.07 Å². The van der Waals surface area contributed by atoms with E-state index < -0.39 is 10.8 Å². The Morgan fingerprint density at radius 3 is 2.18 bits per heavy atom. The molecule has 50 heavy (non-hydrogen) atoms. The third-order valence-corrected chi connectivity index (χ3v) is 12.7. The van der Waals surface area contributed by atoms with Crippen LogP contribution in [0, 0.1) is 22.7 Å². The number of allylic oxidation sites excluding steroid dienone is 5. The lowest BCUT2D eigenvalue weighted by molar-refractivity contribution is -0.167. The van der Waals surface area contributed by atoms with Crippen LogP contribution in [-0.2, 0) is 15.5 Å². The highest BCUT2D eigenvalue weighted by Crippen LogP contribution is 2.48. The molecule has 5 rings (SSSR count). The zero-order chi connectivity index (χ0) is 37.3. The van der Waals surface area contributed by atoms with Gasteiger partial charge in [-0.1, -0.05) is 50.3 Å². The number of nitrogens with one attached hydrogen (secondary N) is 2. The lowest BCUT2D eigenvalue weighted by atomic mass is 9.76. The summed E-state index contributed by atoms with van der Waals surface area (Å²) in [5, 5.41) is 12.1. The zero-order valence-corrected chi connectivity index (χ0v) is 33.2. The molecule has 2 N–H and O–H groups in total. The summed E-state index contributed by atoms with van der Waals surface area (Å²) >= 11 is 0. The summed E-state index contributed by atoms with van der Waals surface area (Å²) in [6, 6.07) is 8.28. The molecule has 272 valence electrons. The van der Waals surface area contributed by atoms with Crippen LogP contribution in [0.3, 0.4) is 0 Å². The molecule has 3 aliphatic rings. The standard InChI is InChI=1S/C28H36N4O2S.C14H24O/c1-26(2)11-9-18(10-12-26)22-13-19(20-14-27(3,4)35(34)28(5,6)15-20)7-8-23(22)32-25(33)24-30-17-21(16-29)31-24;1-7-8-11(2)12-9-13(3,4)15-14(5,6)10-12/h7-9,13,17,20H,10-12,14-15H2,1-6H3,(H,30,31)(H,32,33);7-8,12H,2,9-10H2,1,3-6H3/b;8-7-. The summed E-state index contributed by atoms with van der Waals surface area (Å²) in [5.74, 6) is 0.603. The second-order valence-corrected chi connectivity index (χ2v) is 20.6. The molecule has 2 aliphatic heterocycles. The molecule has 0 spiro atoms. The topological polar surface area (TPSA) is 108 Å². The van der Waals surface area contributed by atoms with Crippen LogP contribution >= 0.6 is 0 Å². The molecule has 2 fully saturated rings. The number of imidazole rings is 1. The molecule has 1 aromatic carbocycles. The predicted octanol–water partition coefficient (Wildman–Crippen LogP) is 10.4. The molecule has 0 unspecified atom stereocenters. The van der Waals surface area contributed by atoms with Gasteiger partial charge in [0, 0.05) is 31.5 Å². The second-order valence-electron chi connectivity index (χ2n) is 17.8. The minimum atomic E-state index is -0.908. The Hall–Kier alpha value is -3.28. The number of aromatic nitrogens is 2. The van der Waals surface area contributed by atoms with Crippen molar-refractivity contribution in [1.29, 1.82) is 5.26 Å². The van der Waals surface area contributed by atoms with Crippen LogP contribution < -0.4 is 5.32 Å². The summed E-state index contributed by atoms with van der Waals surface area (Å²) in [6.45, 7) is 27.9. The van der Waals surface area contributed by atoms with Crippen molar-refractivity contribution in [3.63, 3.8) is 0 Å². The number of amides is 1. The number of hydrogen-bond acceptors (Lipinski definition) is 5. The molecular weight excluding hydrogens is 641 g/mol. The Kier molecular flexibility index (Phi) is 11.7. The molecule has 1 amide bonds. The first-order chi connectivity index (χ1) is 23.1. The number of hydrogen-bond donors (Lipinski definition) is 2. The van der Waals surface area contributed by atoms with Gasteiger partial charge in [-0.05, 0) is 148 Å². The molecule has 8 heteroatoms. The molecule has 0 atom stereocenters. The third kappa shape index (κ3) is 9.73. The third-order valence-electron chi connectivity index (χ3n) is 10.4. The van der Waals surface area contributed by atoms with E-state index in [1.54, 1.807) is 0 Å². The van der Waals surface area contributed by atoms with E-state index in [0.29, 0.717) is 11.8 Å². The van der Waals surface area contributed by atoms with Gasteiger partial charge < -0.3 is 15.0 Å². The molecule has 1 aliphatic carbocycles. The Morgan fingerprint density at radius 1 is 1.04 bits per heavy atom. The summed E-state index contributed by atoms with van der Waals surface area (Å²) < 4.78 is 18.6. The fraction of sp³-hybridized carbons (Fsp3) is 0.595. The molecule has 1 aromatic heterocycles. The second kappa shape index (κ2) is 14.8. The number of H-pyrrole nitrogens is 1. The maximum atomic E-state index is 13.1. The first-order valence-corrected chi connectivity index (χ1v) is 19.3. The van der Waals surface area contributed by atoms with Crippen LogP contribution in [0.4, 0.5) is 5.69 Å². The molecular formula is C42H60N4O3S. The Balaban J connectivity index is 0.000000314. The quantitative estimate of drug-likeness (QED) is 0.292. The number of rotatable bonds is 6. The largest absolute Gasteiger partial charge is 0.370 e. The van der Waals surface area contributed by atoms with Crippen molar-refractivity contribution < 1.29 is 13.7 Å². The monoisotopic (exact) mass is 700 g/mol. The predicted molar refractivity (Wildman–Crippen MR) is 208 cm³/mol. The van der Waals surface area contributed by atoms with Crippen molar-refractivity contribution >= 4 is 28.0 Å². The number of carbonyl (C=O) groups excluding carboxylic acids is 1. The first kappa shape index (κ1) is 39.5. The van der Waals surface area contributed by atoms with E-state index in [1.165, 1.54) is 22.9 Å². The van der Waals surface area contributed by atoms with Crippen LogP contribution in [-0.4, -0.2) is 40.8 Å². The van der Waals surface area contributed by atoms with Gasteiger partial charge in [0.1, 0.15) is 11.8 Å². The Morgan fingerprint density at radius 2 is 1.66 bits per heavy atom. The molecule has 2 saturated heterocycles. The molecule has 0 saturated carbocycles. The fourth-order valence-electron chi connectivity index (χ4n) is 8.28. The van der Waals surface area contributed by atoms with Gasteiger partial charge in [-0.25, -0.2) is 4.98 Å². The molecule has 0 bridgehead atoms. The van der Waals surface area contributed by atoms with Gasteiger partial charge in [-0.2, -0.15) is 5.26 Å². The highest BCUT2D eigenvalue weighted by Gasteiger charge is 2.46. The SMILES string of the molecule is C=C(/C=C\C)C1CC(C)(C)OC(C)(C)C1.CC1(C)CC=C(c2cc(C3CC(C)(C)S(=O)C(C)(C)C3)ccc2NC(=O)c2ncc(C#N)[nH]2)CC1. The van der Waals surface area contributed by atoms with Crippen LogP contribution in [0.2, 0.25) is 0 Å². The number of anilines is 1. The van der Waals surface area contributed by atoms with Crippen molar-refractivity contribution in [2.75, 3.05) is 5.32 Å². The van der Waals surface area contributed by atoms with Crippen molar-refractivity contribution in [2.45, 2.75) is 148 Å². The average Bonchev–Trinajstić information content (AvgIpc) is 3.49. The van der Waals surface area contributed by atoms with Crippen LogP contribution in [0.5, 0.6) is 0 Å². The lowest BCUT2D eigenvalue weighted by Gasteiger charge is -2.45. The van der Waals surface area contributed by atoms with Crippen molar-refractivity contribution in [1.82, 2.24) is 9.97 Å². The number of aromatic amines is 1. The normalized spacial score (nSPS) is 25.0. The number of nitrogens with zero attached hydrogens (tertiary/aromatic N) is 2. The summed E-state index contributed by atoms with van der Waals surface area (Å²) in [7, 11) is -0.908. The number of ether oxygens (including phenoxy) is 1. The van der Waals surface area contributed by atoms with Crippen molar-refractivity contribution in [2.24, 2.45) is 11.3 Å². The van der Waals surface area contributed by atoms with Crippen molar-refractivity contribution in [3.05, 3.63) is 77.4 Å². The highest BCUT2D eigenvalue weighted by molar-refractivity contribution is 7.87. The minimum Gasteiger partial charge on any atom is -0.370 e. The van der Waals surface area contributed by atoms with Gasteiger partial charge in [-0.15, -0.1) is 0 Å². The lowest BCUT2D eigenvalue weighted by Crippen LogP contribution is -2.47. The molecule has 2 aromatic rings. The summed E-state index contributed by atoms with van der Waals surface area (Å²) in [5.41, 5.74) is 5.97. The van der Waals surface area contributed by atoms with Gasteiger partial charge >= 0.3 is 0 Å². The highest BCUT2D eigenvalue weighted by atomic mass is 32.2. The van der Waals surface area contributed by atoms with Gasteiger partial charge in [0.15, 0.2) is 5.82 Å². The number of nitriles is 1. The fourth-order valence-corrected chi connectivity index (χ4v) is 10.5. The maximum absolute atomic E-state index is 13.1. The van der Waals surface area contributed by atoms with E-state index in [2.05, 4.69) is 121 Å². The molecule has 7 nitrogen and oxygen atoms in total. The van der Waals surface area contributed by atoms with Gasteiger partial charge in [0.2, 0.25) is 0 Å². The van der Waals surface area contributed by atoms with E-state index in [4.69, 9.17) is 10.00 Å². The molecule has 0 radical (unpaired) electrons. The maximum Gasteiger partial charge on any atom is 0.291 e. The van der Waals surface area contributed by atoms with Crippen LogP contribution in [0.25, 0.3) is 5.57 Å². The van der Waals surface area contributed by atoms with Gasteiger partial charge in [-0.3, -0.25) is 9.00 Å². The minimum absolute atomic E-state index is 0.0308. The average molecular weight is 701 g/mol. The Labute approximate surface area is 303 Å². The smallest absolute Gasteiger partial charge is 0.291 e. The van der Waals surface area contributed by atoms with Gasteiger partial charge in [0.05, 0.1) is 17.4 Å². The van der Waals surface area contributed by atoms with Crippen LogP contribution in [0.1, 0.15) is 154 Å².